The molecule has 1 aromatic rings. The van der Waals surface area contributed by atoms with Crippen LogP contribution in [0.15, 0.2) is 24.3 Å². The molecule has 1 aromatic carbocycles. The van der Waals surface area contributed by atoms with Gasteiger partial charge in [-0.1, -0.05) is 24.3 Å². The molecule has 3 nitrogen and oxygen atoms in total. The molecule has 0 saturated carbocycles. The predicted octanol–water partition coefficient (Wildman–Crippen LogP) is 2.61. The lowest BCUT2D eigenvalue weighted by Gasteiger charge is -2.26. The second-order valence-corrected chi connectivity index (χ2v) is 4.65. The Hall–Kier alpha value is -1.35. The highest BCUT2D eigenvalue weighted by atomic mass is 16.5. The van der Waals surface area contributed by atoms with Gasteiger partial charge in [-0.25, -0.2) is 0 Å². The second kappa shape index (κ2) is 6.55. The summed E-state index contributed by atoms with van der Waals surface area (Å²) in [7, 11) is 0. The maximum absolute atomic E-state index is 11.3. The molecule has 1 unspecified atom stereocenters. The monoisotopic (exact) mass is 247 g/mol. The van der Waals surface area contributed by atoms with Crippen molar-refractivity contribution in [2.45, 2.75) is 38.6 Å². The van der Waals surface area contributed by atoms with Crippen LogP contribution in [0.1, 0.15) is 43.4 Å². The van der Waals surface area contributed by atoms with Gasteiger partial charge in [0.05, 0.1) is 13.0 Å². The highest BCUT2D eigenvalue weighted by Gasteiger charge is 2.19. The first kappa shape index (κ1) is 13.1. The van der Waals surface area contributed by atoms with E-state index in [1.54, 1.807) is 0 Å². The standard InChI is InChI=1S/C15H21NO2/c1-2-18-15(17)10-11-16-14-9-5-7-12-6-3-4-8-13(12)14/h3-4,6,8,14,16H,2,5,7,9-11H2,1H3. The van der Waals surface area contributed by atoms with Crippen molar-refractivity contribution in [3.63, 3.8) is 0 Å². The molecule has 3 heteroatoms. The Kier molecular flexibility index (Phi) is 4.76. The predicted molar refractivity (Wildman–Crippen MR) is 71.4 cm³/mol. The number of aryl methyl sites for hydroxylation is 1. The molecule has 0 aromatic heterocycles. The van der Waals surface area contributed by atoms with Gasteiger partial charge < -0.3 is 10.1 Å². The van der Waals surface area contributed by atoms with Gasteiger partial charge in [-0.3, -0.25) is 4.79 Å². The van der Waals surface area contributed by atoms with E-state index >= 15 is 0 Å². The molecule has 0 fully saturated rings. The summed E-state index contributed by atoms with van der Waals surface area (Å²) in [5.74, 6) is -0.117. The normalized spacial score (nSPS) is 18.2. The number of esters is 1. The molecule has 0 spiro atoms. The summed E-state index contributed by atoms with van der Waals surface area (Å²) in [6.07, 6.45) is 3.99. The van der Waals surface area contributed by atoms with Crippen LogP contribution in [0.3, 0.4) is 0 Å². The fourth-order valence-corrected chi connectivity index (χ4v) is 2.55. The van der Waals surface area contributed by atoms with Crippen molar-refractivity contribution in [2.75, 3.05) is 13.2 Å². The number of hydrogen-bond acceptors (Lipinski definition) is 3. The van der Waals surface area contributed by atoms with E-state index in [4.69, 9.17) is 4.74 Å². The third kappa shape index (κ3) is 3.33. The summed E-state index contributed by atoms with van der Waals surface area (Å²) in [4.78, 5) is 11.3. The van der Waals surface area contributed by atoms with Crippen LogP contribution in [0.5, 0.6) is 0 Å². The Morgan fingerprint density at radius 3 is 3.11 bits per heavy atom. The third-order valence-corrected chi connectivity index (χ3v) is 3.39. The van der Waals surface area contributed by atoms with Crippen LogP contribution in [0.4, 0.5) is 0 Å². The number of carbonyl (C=O) groups is 1. The summed E-state index contributed by atoms with van der Waals surface area (Å²) in [5, 5.41) is 3.47. The van der Waals surface area contributed by atoms with E-state index in [2.05, 4.69) is 29.6 Å². The Bertz CT molecular complexity index is 403. The minimum atomic E-state index is -0.117. The quantitative estimate of drug-likeness (QED) is 0.813. The van der Waals surface area contributed by atoms with Crippen LogP contribution in [-0.4, -0.2) is 19.1 Å². The molecule has 1 aliphatic rings. The molecule has 18 heavy (non-hydrogen) atoms. The molecule has 0 saturated heterocycles. The Balaban J connectivity index is 1.86. The van der Waals surface area contributed by atoms with Gasteiger partial charge >= 0.3 is 5.97 Å². The van der Waals surface area contributed by atoms with Gasteiger partial charge in [-0.2, -0.15) is 0 Å². The lowest BCUT2D eigenvalue weighted by molar-refractivity contribution is -0.143. The van der Waals surface area contributed by atoms with Crippen LogP contribution < -0.4 is 5.32 Å². The zero-order valence-corrected chi connectivity index (χ0v) is 10.9. The summed E-state index contributed by atoms with van der Waals surface area (Å²) >= 11 is 0. The molecule has 0 heterocycles. The first-order valence-electron chi connectivity index (χ1n) is 6.78. The highest BCUT2D eigenvalue weighted by Crippen LogP contribution is 2.29. The largest absolute Gasteiger partial charge is 0.466 e. The smallest absolute Gasteiger partial charge is 0.307 e. The number of fused-ring (bicyclic) bond motifs is 1. The van der Waals surface area contributed by atoms with Gasteiger partial charge in [0, 0.05) is 12.6 Å². The zero-order valence-electron chi connectivity index (χ0n) is 10.9. The van der Waals surface area contributed by atoms with Crippen molar-refractivity contribution >= 4 is 5.97 Å². The number of benzene rings is 1. The molecule has 1 atom stereocenters. The van der Waals surface area contributed by atoms with Crippen LogP contribution >= 0.6 is 0 Å². The molecular weight excluding hydrogens is 226 g/mol. The van der Waals surface area contributed by atoms with Crippen molar-refractivity contribution in [2.24, 2.45) is 0 Å². The average molecular weight is 247 g/mol. The minimum absolute atomic E-state index is 0.117. The van der Waals surface area contributed by atoms with Crippen molar-refractivity contribution in [3.05, 3.63) is 35.4 Å². The van der Waals surface area contributed by atoms with Gasteiger partial charge in [0.25, 0.3) is 0 Å². The van der Waals surface area contributed by atoms with E-state index < -0.39 is 0 Å². The first-order chi connectivity index (χ1) is 8.81. The number of carbonyl (C=O) groups excluding carboxylic acids is 1. The molecule has 0 radical (unpaired) electrons. The molecule has 2 rings (SSSR count). The van der Waals surface area contributed by atoms with Crippen LogP contribution in [0.2, 0.25) is 0 Å². The molecule has 0 amide bonds. The number of ether oxygens (including phenoxy) is 1. The molecule has 0 bridgehead atoms. The number of nitrogens with one attached hydrogen (secondary N) is 1. The second-order valence-electron chi connectivity index (χ2n) is 4.65. The van der Waals surface area contributed by atoms with Gasteiger partial charge in [0.1, 0.15) is 0 Å². The zero-order chi connectivity index (χ0) is 12.8. The highest BCUT2D eigenvalue weighted by molar-refractivity contribution is 5.69. The number of hydrogen-bond donors (Lipinski definition) is 1. The Morgan fingerprint density at radius 2 is 2.28 bits per heavy atom. The molecule has 0 aliphatic heterocycles. The summed E-state index contributed by atoms with van der Waals surface area (Å²) in [6, 6.07) is 8.97. The van der Waals surface area contributed by atoms with Gasteiger partial charge in [-0.15, -0.1) is 0 Å². The van der Waals surface area contributed by atoms with Crippen molar-refractivity contribution in [3.8, 4) is 0 Å². The van der Waals surface area contributed by atoms with E-state index in [0.717, 1.165) is 6.42 Å². The maximum atomic E-state index is 11.3. The van der Waals surface area contributed by atoms with E-state index in [-0.39, 0.29) is 5.97 Å². The van der Waals surface area contributed by atoms with E-state index in [1.807, 2.05) is 6.92 Å². The van der Waals surface area contributed by atoms with E-state index in [0.29, 0.717) is 25.6 Å². The number of rotatable bonds is 5. The topological polar surface area (TPSA) is 38.3 Å². The third-order valence-electron chi connectivity index (χ3n) is 3.39. The molecule has 1 N–H and O–H groups in total. The van der Waals surface area contributed by atoms with Crippen molar-refractivity contribution < 1.29 is 9.53 Å². The van der Waals surface area contributed by atoms with Gasteiger partial charge in [0.15, 0.2) is 0 Å². The molecular formula is C15H21NO2. The van der Waals surface area contributed by atoms with Crippen molar-refractivity contribution in [1.82, 2.24) is 5.32 Å². The molecule has 98 valence electrons. The molecule has 1 aliphatic carbocycles. The first-order valence-corrected chi connectivity index (χ1v) is 6.78. The van der Waals surface area contributed by atoms with Crippen LogP contribution in [-0.2, 0) is 16.0 Å². The Morgan fingerprint density at radius 1 is 1.44 bits per heavy atom. The minimum Gasteiger partial charge on any atom is -0.466 e. The fraction of sp³-hybridized carbons (Fsp3) is 0.533. The maximum Gasteiger partial charge on any atom is 0.307 e. The van der Waals surface area contributed by atoms with Gasteiger partial charge in [0.2, 0.25) is 0 Å². The van der Waals surface area contributed by atoms with Gasteiger partial charge in [-0.05, 0) is 37.3 Å². The summed E-state index contributed by atoms with van der Waals surface area (Å²) in [5.41, 5.74) is 2.84. The van der Waals surface area contributed by atoms with E-state index in [9.17, 15) is 4.79 Å². The summed E-state index contributed by atoms with van der Waals surface area (Å²) < 4.78 is 4.92. The Labute approximate surface area is 109 Å². The van der Waals surface area contributed by atoms with E-state index in [1.165, 1.54) is 24.0 Å². The summed E-state index contributed by atoms with van der Waals surface area (Å²) in [6.45, 7) is 2.99. The lowest BCUT2D eigenvalue weighted by atomic mass is 9.88. The average Bonchev–Trinajstić information content (AvgIpc) is 2.39. The van der Waals surface area contributed by atoms with Crippen LogP contribution in [0, 0.1) is 0 Å². The SMILES string of the molecule is CCOC(=O)CCNC1CCCc2ccccc21. The lowest BCUT2D eigenvalue weighted by Crippen LogP contribution is -2.27. The fourth-order valence-electron chi connectivity index (χ4n) is 2.55. The van der Waals surface area contributed by atoms with Crippen LogP contribution in [0.25, 0.3) is 0 Å². The van der Waals surface area contributed by atoms with Crippen molar-refractivity contribution in [1.29, 1.82) is 0 Å².